The molecule has 1 aliphatic rings. The summed E-state index contributed by atoms with van der Waals surface area (Å²) in [6.07, 6.45) is 2.02. The zero-order valence-electron chi connectivity index (χ0n) is 12.0. The average molecular weight is 336 g/mol. The summed E-state index contributed by atoms with van der Waals surface area (Å²) < 4.78 is 27.3. The number of sulfonamides is 1. The fourth-order valence-electron chi connectivity index (χ4n) is 1.98. The first-order valence-electron chi connectivity index (χ1n) is 6.94. The number of aryl methyl sites for hydroxylation is 1. The van der Waals surface area contributed by atoms with Crippen LogP contribution >= 0.6 is 11.3 Å². The molecule has 0 saturated heterocycles. The second kappa shape index (κ2) is 5.73. The maximum Gasteiger partial charge on any atom is 0.271 e. The SMILES string of the molecule is Cc1ccc(S(=O)(=O)Nc2cccc(C(=O)NC3CC3)c2)s1. The Balaban J connectivity index is 1.78. The number of hydrogen-bond acceptors (Lipinski definition) is 4. The number of benzene rings is 1. The van der Waals surface area contributed by atoms with Gasteiger partial charge in [0.1, 0.15) is 4.21 Å². The number of nitrogens with one attached hydrogen (secondary N) is 2. The largest absolute Gasteiger partial charge is 0.349 e. The van der Waals surface area contributed by atoms with Crippen LogP contribution in [0, 0.1) is 6.92 Å². The lowest BCUT2D eigenvalue weighted by Gasteiger charge is -2.08. The summed E-state index contributed by atoms with van der Waals surface area (Å²) in [6, 6.07) is 10.1. The van der Waals surface area contributed by atoms with Gasteiger partial charge in [-0.1, -0.05) is 6.07 Å². The van der Waals surface area contributed by atoms with E-state index in [1.807, 2.05) is 6.92 Å². The van der Waals surface area contributed by atoms with Crippen LogP contribution in [0.15, 0.2) is 40.6 Å². The fraction of sp³-hybridized carbons (Fsp3) is 0.267. The van der Waals surface area contributed by atoms with Crippen LogP contribution in [0.4, 0.5) is 5.69 Å². The van der Waals surface area contributed by atoms with Gasteiger partial charge in [-0.2, -0.15) is 0 Å². The lowest BCUT2D eigenvalue weighted by molar-refractivity contribution is 0.0951. The number of rotatable bonds is 5. The van der Waals surface area contributed by atoms with Crippen LogP contribution in [0.3, 0.4) is 0 Å². The molecule has 1 saturated carbocycles. The fourth-order valence-corrected chi connectivity index (χ4v) is 4.32. The smallest absolute Gasteiger partial charge is 0.271 e. The minimum atomic E-state index is -3.61. The van der Waals surface area contributed by atoms with E-state index >= 15 is 0 Å². The predicted octanol–water partition coefficient (Wildman–Crippen LogP) is 2.75. The van der Waals surface area contributed by atoms with E-state index in [-0.39, 0.29) is 16.2 Å². The maximum absolute atomic E-state index is 12.3. The van der Waals surface area contributed by atoms with Crippen LogP contribution < -0.4 is 10.0 Å². The van der Waals surface area contributed by atoms with E-state index in [0.29, 0.717) is 11.3 Å². The number of hydrogen-bond donors (Lipinski definition) is 2. The Labute approximate surface area is 133 Å². The van der Waals surface area contributed by atoms with Crippen molar-refractivity contribution in [3.8, 4) is 0 Å². The highest BCUT2D eigenvalue weighted by atomic mass is 32.2. The highest BCUT2D eigenvalue weighted by Crippen LogP contribution is 2.24. The summed E-state index contributed by atoms with van der Waals surface area (Å²) in [7, 11) is -3.61. The average Bonchev–Trinajstić information content (AvgIpc) is 3.16. The molecule has 0 spiro atoms. The Morgan fingerprint density at radius 2 is 2.00 bits per heavy atom. The lowest BCUT2D eigenvalue weighted by atomic mass is 10.2. The molecule has 2 aromatic rings. The van der Waals surface area contributed by atoms with Crippen molar-refractivity contribution in [2.24, 2.45) is 0 Å². The van der Waals surface area contributed by atoms with Gasteiger partial charge in [-0.15, -0.1) is 11.3 Å². The van der Waals surface area contributed by atoms with E-state index in [9.17, 15) is 13.2 Å². The molecule has 2 N–H and O–H groups in total. The summed E-state index contributed by atoms with van der Waals surface area (Å²) in [4.78, 5) is 12.9. The van der Waals surface area contributed by atoms with E-state index in [2.05, 4.69) is 10.0 Å². The molecule has 3 rings (SSSR count). The molecule has 0 bridgehead atoms. The van der Waals surface area contributed by atoms with Gasteiger partial charge in [-0.05, 0) is 50.1 Å². The number of anilines is 1. The number of amides is 1. The van der Waals surface area contributed by atoms with E-state index in [4.69, 9.17) is 0 Å². The van der Waals surface area contributed by atoms with Crippen molar-refractivity contribution in [1.29, 1.82) is 0 Å². The van der Waals surface area contributed by atoms with Crippen LogP contribution in [-0.2, 0) is 10.0 Å². The highest BCUT2D eigenvalue weighted by Gasteiger charge is 2.24. The van der Waals surface area contributed by atoms with Crippen molar-refractivity contribution in [1.82, 2.24) is 5.32 Å². The molecule has 116 valence electrons. The van der Waals surface area contributed by atoms with Crippen LogP contribution in [0.2, 0.25) is 0 Å². The van der Waals surface area contributed by atoms with Gasteiger partial charge >= 0.3 is 0 Å². The highest BCUT2D eigenvalue weighted by molar-refractivity contribution is 7.94. The van der Waals surface area contributed by atoms with Gasteiger partial charge in [0, 0.05) is 22.2 Å². The predicted molar refractivity (Wildman–Crippen MR) is 86.8 cm³/mol. The van der Waals surface area contributed by atoms with Crippen molar-refractivity contribution in [3.05, 3.63) is 46.8 Å². The van der Waals surface area contributed by atoms with Crippen LogP contribution in [0.1, 0.15) is 28.1 Å². The van der Waals surface area contributed by atoms with E-state index < -0.39 is 10.0 Å². The van der Waals surface area contributed by atoms with E-state index in [1.54, 1.807) is 36.4 Å². The topological polar surface area (TPSA) is 75.3 Å². The zero-order chi connectivity index (χ0) is 15.7. The number of thiophene rings is 1. The standard InChI is InChI=1S/C15H16N2O3S2/c1-10-5-8-14(21-10)22(19,20)17-13-4-2-3-11(9-13)15(18)16-12-6-7-12/h2-5,8-9,12,17H,6-7H2,1H3,(H,16,18). The third-order valence-electron chi connectivity index (χ3n) is 3.27. The van der Waals surface area contributed by atoms with Crippen LogP contribution in [-0.4, -0.2) is 20.4 Å². The summed E-state index contributed by atoms with van der Waals surface area (Å²) in [6.45, 7) is 1.85. The summed E-state index contributed by atoms with van der Waals surface area (Å²) in [5, 5.41) is 2.88. The number of carbonyl (C=O) groups excluding carboxylic acids is 1. The molecule has 0 atom stereocenters. The molecule has 1 amide bonds. The number of carbonyl (C=O) groups is 1. The van der Waals surface area contributed by atoms with Gasteiger partial charge in [0.2, 0.25) is 0 Å². The third-order valence-corrected chi connectivity index (χ3v) is 6.14. The molecule has 1 aliphatic carbocycles. The molecule has 0 aliphatic heterocycles. The Kier molecular flexibility index (Phi) is 3.92. The first-order chi connectivity index (χ1) is 10.4. The Morgan fingerprint density at radius 3 is 2.64 bits per heavy atom. The minimum Gasteiger partial charge on any atom is -0.349 e. The van der Waals surface area contributed by atoms with Gasteiger partial charge in [0.15, 0.2) is 0 Å². The summed E-state index contributed by atoms with van der Waals surface area (Å²) in [5.74, 6) is -0.171. The monoisotopic (exact) mass is 336 g/mol. The van der Waals surface area contributed by atoms with E-state index in [1.165, 1.54) is 11.3 Å². The quantitative estimate of drug-likeness (QED) is 0.881. The Morgan fingerprint density at radius 1 is 1.23 bits per heavy atom. The van der Waals surface area contributed by atoms with Gasteiger partial charge in [-0.25, -0.2) is 8.42 Å². The van der Waals surface area contributed by atoms with Gasteiger partial charge < -0.3 is 5.32 Å². The van der Waals surface area contributed by atoms with Crippen LogP contribution in [0.25, 0.3) is 0 Å². The second-order valence-electron chi connectivity index (χ2n) is 5.30. The molecule has 5 nitrogen and oxygen atoms in total. The molecule has 0 unspecified atom stereocenters. The molecule has 1 heterocycles. The first-order valence-corrected chi connectivity index (χ1v) is 9.24. The normalized spacial score (nSPS) is 14.6. The zero-order valence-corrected chi connectivity index (χ0v) is 13.6. The molecule has 7 heteroatoms. The first kappa shape index (κ1) is 15.1. The maximum atomic E-state index is 12.3. The van der Waals surface area contributed by atoms with Gasteiger partial charge in [-0.3, -0.25) is 9.52 Å². The minimum absolute atomic E-state index is 0.171. The molecule has 0 radical (unpaired) electrons. The molecule has 1 aromatic heterocycles. The van der Waals surface area contributed by atoms with Crippen LogP contribution in [0.5, 0.6) is 0 Å². The van der Waals surface area contributed by atoms with E-state index in [0.717, 1.165) is 17.7 Å². The molecular weight excluding hydrogens is 320 g/mol. The Hall–Kier alpha value is -1.86. The summed E-state index contributed by atoms with van der Waals surface area (Å²) >= 11 is 1.21. The Bertz CT molecular complexity index is 808. The van der Waals surface area contributed by atoms with Crippen molar-refractivity contribution < 1.29 is 13.2 Å². The van der Waals surface area contributed by atoms with Crippen molar-refractivity contribution in [2.75, 3.05) is 4.72 Å². The van der Waals surface area contributed by atoms with Crippen molar-refractivity contribution in [3.63, 3.8) is 0 Å². The van der Waals surface area contributed by atoms with Gasteiger partial charge in [0.05, 0.1) is 0 Å². The molecular formula is C15H16N2O3S2. The summed E-state index contributed by atoms with van der Waals surface area (Å²) in [5.41, 5.74) is 0.837. The molecule has 1 aromatic carbocycles. The third kappa shape index (κ3) is 3.48. The molecule has 1 fully saturated rings. The van der Waals surface area contributed by atoms with Crippen molar-refractivity contribution >= 4 is 33.0 Å². The lowest BCUT2D eigenvalue weighted by Crippen LogP contribution is -2.25. The molecule has 22 heavy (non-hydrogen) atoms. The van der Waals surface area contributed by atoms with Crippen molar-refractivity contribution in [2.45, 2.75) is 30.0 Å². The second-order valence-corrected chi connectivity index (χ2v) is 8.50. The van der Waals surface area contributed by atoms with Gasteiger partial charge in [0.25, 0.3) is 15.9 Å².